The first kappa shape index (κ1) is 22.6. The van der Waals surface area contributed by atoms with E-state index in [1.165, 1.54) is 18.4 Å². The van der Waals surface area contributed by atoms with Crippen molar-refractivity contribution in [3.8, 4) is 17.1 Å². The van der Waals surface area contributed by atoms with Crippen molar-refractivity contribution in [1.29, 1.82) is 0 Å². The Morgan fingerprint density at radius 2 is 1.88 bits per heavy atom. The maximum atomic E-state index is 5.86. The van der Waals surface area contributed by atoms with Crippen molar-refractivity contribution in [3.05, 3.63) is 62.3 Å². The lowest BCUT2D eigenvalue weighted by molar-refractivity contribution is 0.188. The van der Waals surface area contributed by atoms with E-state index in [2.05, 4.69) is 71.9 Å². The second kappa shape index (κ2) is 9.24. The number of fused-ring (bicyclic) bond motifs is 1. The van der Waals surface area contributed by atoms with Gasteiger partial charge in [-0.3, -0.25) is 4.68 Å². The second-order valence-corrected chi connectivity index (χ2v) is 10.1. The van der Waals surface area contributed by atoms with E-state index in [1.807, 2.05) is 17.8 Å². The molecule has 4 aromatic rings. The lowest BCUT2D eigenvalue weighted by atomic mass is 10.1. The van der Waals surface area contributed by atoms with Crippen LogP contribution >= 0.6 is 31.9 Å². The van der Waals surface area contributed by atoms with E-state index in [1.54, 1.807) is 14.2 Å². The van der Waals surface area contributed by atoms with Gasteiger partial charge in [-0.1, -0.05) is 24.3 Å². The van der Waals surface area contributed by atoms with Crippen molar-refractivity contribution >= 4 is 42.9 Å². The third-order valence-electron chi connectivity index (χ3n) is 6.32. The quantitative estimate of drug-likeness (QED) is 0.248. The Hall–Kier alpha value is -2.16. The molecule has 0 N–H and O–H groups in total. The molecule has 2 aromatic carbocycles. The molecule has 2 heterocycles. The summed E-state index contributed by atoms with van der Waals surface area (Å²) >= 11 is 7.39. The Bertz CT molecular complexity index is 1310. The summed E-state index contributed by atoms with van der Waals surface area (Å²) in [5.41, 5.74) is 6.48. The molecule has 8 heteroatoms. The number of methoxy groups -OCH3 is 2. The fourth-order valence-electron chi connectivity index (χ4n) is 4.25. The number of hydrogen-bond acceptors (Lipinski definition) is 4. The Labute approximate surface area is 210 Å². The van der Waals surface area contributed by atoms with Crippen molar-refractivity contribution in [3.63, 3.8) is 0 Å². The van der Waals surface area contributed by atoms with Crippen molar-refractivity contribution in [2.75, 3.05) is 20.8 Å². The largest absolute Gasteiger partial charge is 0.494 e. The van der Waals surface area contributed by atoms with Gasteiger partial charge in [0.25, 0.3) is 0 Å². The summed E-state index contributed by atoms with van der Waals surface area (Å²) in [6.45, 7) is 3.92. The van der Waals surface area contributed by atoms with Crippen LogP contribution in [0.15, 0.2) is 45.5 Å². The first-order chi connectivity index (χ1) is 16.0. The van der Waals surface area contributed by atoms with Crippen LogP contribution in [-0.4, -0.2) is 40.2 Å². The summed E-state index contributed by atoms with van der Waals surface area (Å²) in [6.07, 6.45) is 4.41. The molecular formula is C25H26Br2N4O2. The molecule has 0 aliphatic heterocycles. The van der Waals surface area contributed by atoms with E-state index in [-0.39, 0.29) is 0 Å². The first-order valence-corrected chi connectivity index (χ1v) is 12.6. The highest BCUT2D eigenvalue weighted by Crippen LogP contribution is 2.41. The van der Waals surface area contributed by atoms with Gasteiger partial charge in [0.15, 0.2) is 0 Å². The van der Waals surface area contributed by atoms with Crippen molar-refractivity contribution in [2.45, 2.75) is 38.8 Å². The summed E-state index contributed by atoms with van der Waals surface area (Å²) in [4.78, 5) is 5.11. The lowest BCUT2D eigenvalue weighted by Crippen LogP contribution is -2.08. The monoisotopic (exact) mass is 572 g/mol. The van der Waals surface area contributed by atoms with Gasteiger partial charge in [-0.15, -0.1) is 0 Å². The predicted octanol–water partition coefficient (Wildman–Crippen LogP) is 6.31. The number of imidazole rings is 1. The van der Waals surface area contributed by atoms with Crippen LogP contribution in [0, 0.1) is 6.92 Å². The molecular weight excluding hydrogens is 548 g/mol. The molecule has 172 valence electrons. The molecule has 0 atom stereocenters. The zero-order valence-electron chi connectivity index (χ0n) is 18.9. The number of halogens is 2. The van der Waals surface area contributed by atoms with E-state index in [4.69, 9.17) is 14.5 Å². The summed E-state index contributed by atoms with van der Waals surface area (Å²) < 4.78 is 17.4. The Morgan fingerprint density at radius 3 is 2.48 bits per heavy atom. The highest BCUT2D eigenvalue weighted by atomic mass is 79.9. The highest BCUT2D eigenvalue weighted by Gasteiger charge is 2.24. The predicted molar refractivity (Wildman–Crippen MR) is 137 cm³/mol. The lowest BCUT2D eigenvalue weighted by Gasteiger charge is -2.14. The van der Waals surface area contributed by atoms with E-state index in [0.29, 0.717) is 19.7 Å². The molecule has 5 rings (SSSR count). The van der Waals surface area contributed by atoms with Crippen molar-refractivity contribution in [2.24, 2.45) is 0 Å². The standard InChI is InChI=1S/C25H26Br2N4O2/c1-15-20(26)13-28-31(15)14-19-12-21(33-3)24-23(22(19)27)29-25(30(24)10-11-32-2)18-8-6-17(7-9-18)16-4-5-16/h6-9,12-13,16H,4-5,10-11,14H2,1-3H3. The summed E-state index contributed by atoms with van der Waals surface area (Å²) in [7, 11) is 3.43. The van der Waals surface area contributed by atoms with Crippen LogP contribution in [0.5, 0.6) is 5.75 Å². The van der Waals surface area contributed by atoms with E-state index < -0.39 is 0 Å². The van der Waals surface area contributed by atoms with Crippen molar-refractivity contribution < 1.29 is 9.47 Å². The van der Waals surface area contributed by atoms with E-state index in [0.717, 1.165) is 54.3 Å². The molecule has 6 nitrogen and oxygen atoms in total. The van der Waals surface area contributed by atoms with E-state index >= 15 is 0 Å². The third kappa shape index (κ3) is 4.24. The van der Waals surface area contributed by atoms with Crippen molar-refractivity contribution in [1.82, 2.24) is 19.3 Å². The number of aromatic nitrogens is 4. The zero-order valence-corrected chi connectivity index (χ0v) is 22.1. The van der Waals surface area contributed by atoms with Gasteiger partial charge in [-0.2, -0.15) is 5.10 Å². The minimum atomic E-state index is 0.585. The molecule has 2 aromatic heterocycles. The molecule has 0 amide bonds. The number of rotatable bonds is 8. The molecule has 0 spiro atoms. The SMILES string of the molecule is COCCn1c(-c2ccc(C3CC3)cc2)nc2c(Br)c(Cn3ncc(Br)c3C)cc(OC)c21. The zero-order chi connectivity index (χ0) is 23.1. The van der Waals surface area contributed by atoms with Crippen LogP contribution in [0.25, 0.3) is 22.4 Å². The van der Waals surface area contributed by atoms with Gasteiger partial charge in [0.05, 0.1) is 35.4 Å². The average molecular weight is 574 g/mol. The molecule has 0 unspecified atom stereocenters. The molecule has 1 fully saturated rings. The first-order valence-electron chi connectivity index (χ1n) is 11.0. The third-order valence-corrected chi connectivity index (χ3v) is 7.98. The van der Waals surface area contributed by atoms with Gasteiger partial charge >= 0.3 is 0 Å². The molecule has 1 saturated carbocycles. The fourth-order valence-corrected chi connectivity index (χ4v) is 5.07. The number of benzene rings is 2. The van der Waals surface area contributed by atoms with Crippen LogP contribution in [0.3, 0.4) is 0 Å². The van der Waals surface area contributed by atoms with Crippen LogP contribution in [0.4, 0.5) is 0 Å². The van der Waals surface area contributed by atoms with E-state index in [9.17, 15) is 0 Å². The Morgan fingerprint density at radius 1 is 1.12 bits per heavy atom. The van der Waals surface area contributed by atoms with Gasteiger partial charge in [0, 0.05) is 24.9 Å². The number of hydrogen-bond donors (Lipinski definition) is 0. The summed E-state index contributed by atoms with van der Waals surface area (Å²) in [5.74, 6) is 2.43. The number of ether oxygens (including phenoxy) is 2. The smallest absolute Gasteiger partial charge is 0.145 e. The molecule has 33 heavy (non-hydrogen) atoms. The van der Waals surface area contributed by atoms with Crippen LogP contribution in [0.1, 0.15) is 35.6 Å². The maximum absolute atomic E-state index is 5.86. The van der Waals surface area contributed by atoms with Gasteiger partial charge in [-0.25, -0.2) is 4.98 Å². The second-order valence-electron chi connectivity index (χ2n) is 8.46. The normalized spacial score (nSPS) is 13.7. The molecule has 1 aliphatic carbocycles. The molecule has 0 radical (unpaired) electrons. The molecule has 0 saturated heterocycles. The minimum absolute atomic E-state index is 0.585. The molecule has 0 bridgehead atoms. The Kier molecular flexibility index (Phi) is 6.33. The van der Waals surface area contributed by atoms with Gasteiger partial charge in [0.1, 0.15) is 22.6 Å². The molecule has 1 aliphatic rings. The number of nitrogens with zero attached hydrogens (tertiary/aromatic N) is 4. The van der Waals surface area contributed by atoms with Gasteiger partial charge in [0.2, 0.25) is 0 Å². The highest BCUT2D eigenvalue weighted by molar-refractivity contribution is 9.11. The van der Waals surface area contributed by atoms with Crippen LogP contribution in [0.2, 0.25) is 0 Å². The minimum Gasteiger partial charge on any atom is -0.494 e. The summed E-state index contributed by atoms with van der Waals surface area (Å²) in [6, 6.07) is 10.9. The average Bonchev–Trinajstić information content (AvgIpc) is 3.55. The maximum Gasteiger partial charge on any atom is 0.145 e. The fraction of sp³-hybridized carbons (Fsp3) is 0.360. The van der Waals surface area contributed by atoms with Crippen LogP contribution in [-0.2, 0) is 17.8 Å². The topological polar surface area (TPSA) is 54.1 Å². The summed E-state index contributed by atoms with van der Waals surface area (Å²) in [5, 5.41) is 4.49. The van der Waals surface area contributed by atoms with Crippen LogP contribution < -0.4 is 4.74 Å². The van der Waals surface area contributed by atoms with Gasteiger partial charge < -0.3 is 14.0 Å². The van der Waals surface area contributed by atoms with Gasteiger partial charge in [-0.05, 0) is 74.7 Å². The Balaban J connectivity index is 1.65.